The Balaban J connectivity index is 1.82. The summed E-state index contributed by atoms with van der Waals surface area (Å²) in [5.41, 5.74) is 3.55. The van der Waals surface area contributed by atoms with Gasteiger partial charge in [-0.15, -0.1) is 0 Å². The van der Waals surface area contributed by atoms with Gasteiger partial charge in [0.15, 0.2) is 0 Å². The first-order valence-corrected chi connectivity index (χ1v) is 9.80. The summed E-state index contributed by atoms with van der Waals surface area (Å²) in [5.74, 6) is 0.297. The number of nitrogens with one attached hydrogen (secondary N) is 1. The summed E-state index contributed by atoms with van der Waals surface area (Å²) >= 11 is 0. The zero-order valence-electron chi connectivity index (χ0n) is 17.7. The van der Waals surface area contributed by atoms with Crippen LogP contribution in [0.2, 0.25) is 0 Å². The normalized spacial score (nSPS) is 20.2. The Morgan fingerprint density at radius 3 is 2.87 bits per heavy atom. The average Bonchev–Trinajstić information content (AvgIpc) is 2.68. The van der Waals surface area contributed by atoms with E-state index in [0.717, 1.165) is 16.8 Å². The molecule has 0 aromatic heterocycles. The maximum absolute atomic E-state index is 13.6. The van der Waals surface area contributed by atoms with E-state index >= 15 is 0 Å². The first-order valence-electron chi connectivity index (χ1n) is 9.80. The molecule has 0 radical (unpaired) electrons. The first-order chi connectivity index (χ1) is 14.3. The number of aliphatic hydroxyl groups is 2. The number of ether oxygens (including phenoxy) is 2. The lowest BCUT2D eigenvalue weighted by Gasteiger charge is -2.26. The molecule has 0 fully saturated rings. The standard InChI is InChI=1S/C24H30FNO4/c1-16(10-20-9-8-17(2)23(25)11-20)14-26-18(3)6-5-7-19(4)29-24-13-21(28)12-22(15-27)30-24/h5-9,11,13-14,22,24,26-28H,4,10,12,15H2,1-3H3/b7-5-,16-14+,18-6+/t22?,24-/m1/s1. The summed E-state index contributed by atoms with van der Waals surface area (Å²) in [6, 6.07) is 5.29. The van der Waals surface area contributed by atoms with Crippen molar-refractivity contribution in [2.45, 2.75) is 46.0 Å². The summed E-state index contributed by atoms with van der Waals surface area (Å²) in [6.45, 7) is 9.25. The second-order valence-electron chi connectivity index (χ2n) is 7.36. The second-order valence-corrected chi connectivity index (χ2v) is 7.36. The van der Waals surface area contributed by atoms with E-state index in [-0.39, 0.29) is 24.6 Å². The fourth-order valence-electron chi connectivity index (χ4n) is 2.80. The van der Waals surface area contributed by atoms with Gasteiger partial charge in [-0.25, -0.2) is 4.39 Å². The highest BCUT2D eigenvalue weighted by molar-refractivity contribution is 5.27. The van der Waals surface area contributed by atoms with Crippen LogP contribution in [0.3, 0.4) is 0 Å². The minimum atomic E-state index is -0.784. The molecule has 1 unspecified atom stereocenters. The van der Waals surface area contributed by atoms with Crippen LogP contribution in [0.1, 0.15) is 31.4 Å². The lowest BCUT2D eigenvalue weighted by Crippen LogP contribution is -2.30. The third kappa shape index (κ3) is 7.89. The molecule has 5 nitrogen and oxygen atoms in total. The zero-order chi connectivity index (χ0) is 22.1. The SMILES string of the molecule is C=C(/C=C\C=C(/C)N/C=C(\C)Cc1ccc(C)c(F)c1)O[C@H]1C=C(O)CC(CO)O1. The van der Waals surface area contributed by atoms with Gasteiger partial charge in [0.25, 0.3) is 0 Å². The second kappa shape index (κ2) is 11.4. The Labute approximate surface area is 177 Å². The summed E-state index contributed by atoms with van der Waals surface area (Å²) in [6.07, 6.45) is 8.29. The van der Waals surface area contributed by atoms with E-state index in [9.17, 15) is 9.50 Å². The molecule has 162 valence electrons. The molecule has 1 aromatic carbocycles. The highest BCUT2D eigenvalue weighted by atomic mass is 19.1. The molecule has 0 saturated carbocycles. The number of aliphatic hydroxyl groups excluding tert-OH is 2. The van der Waals surface area contributed by atoms with Crippen molar-refractivity contribution < 1.29 is 24.1 Å². The van der Waals surface area contributed by atoms with E-state index < -0.39 is 12.4 Å². The maximum atomic E-state index is 13.6. The molecule has 1 heterocycles. The van der Waals surface area contributed by atoms with Crippen molar-refractivity contribution in [2.24, 2.45) is 0 Å². The molecule has 0 amide bonds. The van der Waals surface area contributed by atoms with Crippen LogP contribution in [0.15, 0.2) is 78.1 Å². The zero-order valence-corrected chi connectivity index (χ0v) is 17.7. The molecule has 1 aromatic rings. The Bertz CT molecular complexity index is 870. The van der Waals surface area contributed by atoms with Crippen LogP contribution in [-0.2, 0) is 15.9 Å². The molecule has 6 heteroatoms. The van der Waals surface area contributed by atoms with E-state index in [2.05, 4.69) is 11.9 Å². The number of hydrogen-bond donors (Lipinski definition) is 3. The highest BCUT2D eigenvalue weighted by Crippen LogP contribution is 2.19. The Kier molecular flexibility index (Phi) is 8.89. The molecule has 2 atom stereocenters. The van der Waals surface area contributed by atoms with Gasteiger partial charge in [-0.1, -0.05) is 30.4 Å². The number of halogens is 1. The maximum Gasteiger partial charge on any atom is 0.223 e. The topological polar surface area (TPSA) is 71.0 Å². The molecule has 0 spiro atoms. The molecule has 30 heavy (non-hydrogen) atoms. The van der Waals surface area contributed by atoms with Gasteiger partial charge < -0.3 is 25.0 Å². The molecule has 0 bridgehead atoms. The van der Waals surface area contributed by atoms with Gasteiger partial charge in [-0.05, 0) is 62.7 Å². The highest BCUT2D eigenvalue weighted by Gasteiger charge is 2.23. The minimum Gasteiger partial charge on any atom is -0.512 e. The predicted octanol–water partition coefficient (Wildman–Crippen LogP) is 4.71. The van der Waals surface area contributed by atoms with Crippen molar-refractivity contribution in [3.05, 3.63) is 95.0 Å². The molecule has 3 N–H and O–H groups in total. The number of rotatable bonds is 9. The molecular formula is C24H30FNO4. The molecule has 0 aliphatic carbocycles. The summed E-state index contributed by atoms with van der Waals surface area (Å²) in [7, 11) is 0. The van der Waals surface area contributed by atoms with Crippen molar-refractivity contribution in [3.63, 3.8) is 0 Å². The number of allylic oxidation sites excluding steroid dienone is 5. The molecule has 2 rings (SSSR count). The summed E-state index contributed by atoms with van der Waals surface area (Å²) in [5, 5.41) is 22.0. The molecule has 0 saturated heterocycles. The smallest absolute Gasteiger partial charge is 0.223 e. The first kappa shape index (κ1) is 23.4. The summed E-state index contributed by atoms with van der Waals surface area (Å²) in [4.78, 5) is 0. The van der Waals surface area contributed by atoms with Crippen LogP contribution in [0, 0.1) is 12.7 Å². The van der Waals surface area contributed by atoms with Crippen molar-refractivity contribution in [2.75, 3.05) is 6.61 Å². The third-order valence-electron chi connectivity index (χ3n) is 4.46. The van der Waals surface area contributed by atoms with Gasteiger partial charge in [0.05, 0.1) is 18.5 Å². The average molecular weight is 416 g/mol. The van der Waals surface area contributed by atoms with Gasteiger partial charge >= 0.3 is 0 Å². The lowest BCUT2D eigenvalue weighted by molar-refractivity contribution is -0.140. The van der Waals surface area contributed by atoms with Crippen LogP contribution < -0.4 is 5.32 Å². The quantitative estimate of drug-likeness (QED) is 0.403. The van der Waals surface area contributed by atoms with E-state index in [1.54, 1.807) is 31.2 Å². The molecule has 1 aliphatic heterocycles. The van der Waals surface area contributed by atoms with Crippen molar-refractivity contribution in [1.29, 1.82) is 0 Å². The number of benzene rings is 1. The summed E-state index contributed by atoms with van der Waals surface area (Å²) < 4.78 is 24.6. The predicted molar refractivity (Wildman–Crippen MR) is 116 cm³/mol. The fourth-order valence-corrected chi connectivity index (χ4v) is 2.80. The van der Waals surface area contributed by atoms with Crippen molar-refractivity contribution in [3.8, 4) is 0 Å². The Morgan fingerprint density at radius 2 is 2.17 bits per heavy atom. The van der Waals surface area contributed by atoms with E-state index in [1.165, 1.54) is 6.08 Å². The van der Waals surface area contributed by atoms with Crippen LogP contribution in [0.25, 0.3) is 0 Å². The fraction of sp³-hybridized carbons (Fsp3) is 0.333. The lowest BCUT2D eigenvalue weighted by atomic mass is 10.1. The van der Waals surface area contributed by atoms with E-state index in [4.69, 9.17) is 14.6 Å². The van der Waals surface area contributed by atoms with Crippen LogP contribution in [0.5, 0.6) is 0 Å². The monoisotopic (exact) mass is 415 g/mol. The van der Waals surface area contributed by atoms with Gasteiger partial charge in [-0.3, -0.25) is 0 Å². The van der Waals surface area contributed by atoms with Crippen molar-refractivity contribution in [1.82, 2.24) is 5.32 Å². The molecule has 1 aliphatic rings. The van der Waals surface area contributed by atoms with Crippen LogP contribution in [-0.4, -0.2) is 29.2 Å². The largest absolute Gasteiger partial charge is 0.512 e. The Morgan fingerprint density at radius 1 is 1.40 bits per heavy atom. The van der Waals surface area contributed by atoms with Gasteiger partial charge in [0, 0.05) is 18.2 Å². The van der Waals surface area contributed by atoms with Gasteiger partial charge in [0.2, 0.25) is 6.29 Å². The van der Waals surface area contributed by atoms with E-state index in [1.807, 2.05) is 32.2 Å². The van der Waals surface area contributed by atoms with Crippen LogP contribution >= 0.6 is 0 Å². The number of hydrogen-bond acceptors (Lipinski definition) is 5. The van der Waals surface area contributed by atoms with Gasteiger partial charge in [0.1, 0.15) is 11.6 Å². The minimum absolute atomic E-state index is 0.123. The molecular weight excluding hydrogens is 385 g/mol. The van der Waals surface area contributed by atoms with Crippen LogP contribution in [0.4, 0.5) is 4.39 Å². The van der Waals surface area contributed by atoms with E-state index in [0.29, 0.717) is 17.7 Å². The van der Waals surface area contributed by atoms with Crippen molar-refractivity contribution >= 4 is 0 Å². The third-order valence-corrected chi connectivity index (χ3v) is 4.46. The van der Waals surface area contributed by atoms with Gasteiger partial charge in [-0.2, -0.15) is 0 Å². The Hall–Kier alpha value is -2.83. The number of aryl methyl sites for hydroxylation is 1.